The molecule has 3 rings (SSSR count). The Bertz CT molecular complexity index is 980. The molecule has 0 atom stereocenters. The second-order valence-electron chi connectivity index (χ2n) is 9.11. The molecule has 0 saturated carbocycles. The Balaban J connectivity index is 1.60. The molecule has 0 radical (unpaired) electrons. The largest absolute Gasteiger partial charge is 0.462 e. The van der Waals surface area contributed by atoms with Crippen LogP contribution in [0.3, 0.4) is 0 Å². The minimum Gasteiger partial charge on any atom is -0.462 e. The van der Waals surface area contributed by atoms with Crippen molar-refractivity contribution in [1.82, 2.24) is 20.0 Å². The molecule has 0 unspecified atom stereocenters. The van der Waals surface area contributed by atoms with Crippen LogP contribution in [0.4, 0.5) is 0 Å². The van der Waals surface area contributed by atoms with Gasteiger partial charge >= 0.3 is 5.97 Å². The van der Waals surface area contributed by atoms with Crippen LogP contribution in [-0.4, -0.2) is 58.2 Å². The number of rotatable bonds is 5. The van der Waals surface area contributed by atoms with E-state index in [0.29, 0.717) is 36.5 Å². The molecule has 1 saturated heterocycles. The summed E-state index contributed by atoms with van der Waals surface area (Å²) in [7, 11) is 0. The van der Waals surface area contributed by atoms with Crippen molar-refractivity contribution in [3.8, 4) is 5.69 Å². The van der Waals surface area contributed by atoms with E-state index in [0.717, 1.165) is 18.5 Å². The summed E-state index contributed by atoms with van der Waals surface area (Å²) < 4.78 is 6.70. The highest BCUT2D eigenvalue weighted by atomic mass is 16.5. The number of amides is 2. The van der Waals surface area contributed by atoms with E-state index in [4.69, 9.17) is 4.74 Å². The Morgan fingerprint density at radius 3 is 2.31 bits per heavy atom. The maximum absolute atomic E-state index is 12.7. The maximum atomic E-state index is 12.7. The molecule has 1 aromatic heterocycles. The van der Waals surface area contributed by atoms with Crippen LogP contribution in [0, 0.1) is 12.3 Å². The number of ether oxygens (including phenoxy) is 1. The van der Waals surface area contributed by atoms with Gasteiger partial charge in [0.05, 0.1) is 24.2 Å². The number of hydrogen-bond donors (Lipinski definition) is 1. The highest BCUT2D eigenvalue weighted by Crippen LogP contribution is 2.21. The standard InChI is InChI=1S/C24H32N4O4/c1-6-32-22(30)20-15-25-28(16(20)2)19-9-7-17(8-10-19)21(29)26-18-11-13-27(14-12-18)23(31)24(3,4)5/h7-10,15,18H,6,11-14H2,1-5H3,(H,26,29). The predicted octanol–water partition coefficient (Wildman–Crippen LogP) is 3.12. The van der Waals surface area contributed by atoms with E-state index in [1.807, 2.05) is 25.7 Å². The minimum atomic E-state index is -0.400. The number of carbonyl (C=O) groups excluding carboxylic acids is 3. The van der Waals surface area contributed by atoms with Gasteiger partial charge in [-0.2, -0.15) is 5.10 Å². The molecule has 2 heterocycles. The number of aromatic nitrogens is 2. The van der Waals surface area contributed by atoms with Crippen molar-refractivity contribution in [2.24, 2.45) is 5.41 Å². The molecule has 1 fully saturated rings. The first-order valence-electron chi connectivity index (χ1n) is 11.0. The fraction of sp³-hybridized carbons (Fsp3) is 0.500. The van der Waals surface area contributed by atoms with Gasteiger partial charge in [-0.05, 0) is 51.0 Å². The van der Waals surface area contributed by atoms with Gasteiger partial charge in [0.2, 0.25) is 5.91 Å². The molecule has 0 bridgehead atoms. The first kappa shape index (κ1) is 23.5. The monoisotopic (exact) mass is 440 g/mol. The molecular formula is C24H32N4O4. The van der Waals surface area contributed by atoms with Crippen molar-refractivity contribution in [3.05, 3.63) is 47.3 Å². The maximum Gasteiger partial charge on any atom is 0.341 e. The Labute approximate surface area is 188 Å². The van der Waals surface area contributed by atoms with E-state index in [-0.39, 0.29) is 23.3 Å². The second-order valence-corrected chi connectivity index (χ2v) is 9.11. The molecule has 2 aromatic rings. The lowest BCUT2D eigenvalue weighted by molar-refractivity contribution is -0.140. The van der Waals surface area contributed by atoms with Crippen LogP contribution in [0.25, 0.3) is 5.69 Å². The van der Waals surface area contributed by atoms with Crippen molar-refractivity contribution in [2.75, 3.05) is 19.7 Å². The van der Waals surface area contributed by atoms with Crippen LogP contribution in [0.5, 0.6) is 0 Å². The second kappa shape index (κ2) is 9.54. The number of esters is 1. The van der Waals surface area contributed by atoms with Gasteiger partial charge in [-0.15, -0.1) is 0 Å². The zero-order valence-corrected chi connectivity index (χ0v) is 19.5. The number of carbonyl (C=O) groups is 3. The zero-order valence-electron chi connectivity index (χ0n) is 19.5. The molecule has 1 aliphatic heterocycles. The van der Waals surface area contributed by atoms with Crippen LogP contribution >= 0.6 is 0 Å². The van der Waals surface area contributed by atoms with E-state index >= 15 is 0 Å². The van der Waals surface area contributed by atoms with Crippen molar-refractivity contribution < 1.29 is 19.1 Å². The summed E-state index contributed by atoms with van der Waals surface area (Å²) >= 11 is 0. The van der Waals surface area contributed by atoms with E-state index in [9.17, 15) is 14.4 Å². The molecular weight excluding hydrogens is 408 g/mol. The third-order valence-electron chi connectivity index (χ3n) is 5.64. The Hall–Kier alpha value is -3.16. The lowest BCUT2D eigenvalue weighted by Crippen LogP contribution is -2.49. The van der Waals surface area contributed by atoms with Crippen molar-refractivity contribution in [3.63, 3.8) is 0 Å². The van der Waals surface area contributed by atoms with Crippen molar-refractivity contribution in [1.29, 1.82) is 0 Å². The zero-order chi connectivity index (χ0) is 23.5. The average Bonchev–Trinajstić information content (AvgIpc) is 3.15. The van der Waals surface area contributed by atoms with Crippen LogP contribution < -0.4 is 5.32 Å². The third kappa shape index (κ3) is 5.18. The normalized spacial score (nSPS) is 14.8. The molecule has 0 aliphatic carbocycles. The fourth-order valence-corrected chi connectivity index (χ4v) is 3.80. The topological polar surface area (TPSA) is 93.5 Å². The van der Waals surface area contributed by atoms with E-state index in [1.165, 1.54) is 6.20 Å². The number of piperidine rings is 1. The van der Waals surface area contributed by atoms with Crippen molar-refractivity contribution >= 4 is 17.8 Å². The highest BCUT2D eigenvalue weighted by molar-refractivity contribution is 5.94. The van der Waals surface area contributed by atoms with Gasteiger partial charge < -0.3 is 15.0 Å². The summed E-state index contributed by atoms with van der Waals surface area (Å²) in [5.74, 6) is -0.387. The molecule has 2 amide bonds. The lowest BCUT2D eigenvalue weighted by Gasteiger charge is -2.36. The van der Waals surface area contributed by atoms with Crippen LogP contribution in [0.1, 0.15) is 66.9 Å². The quantitative estimate of drug-likeness (QED) is 0.721. The SMILES string of the molecule is CCOC(=O)c1cnn(-c2ccc(C(=O)NC3CCN(C(=O)C(C)(C)C)CC3)cc2)c1C. The Kier molecular flexibility index (Phi) is 7.01. The average molecular weight is 441 g/mol. The third-order valence-corrected chi connectivity index (χ3v) is 5.64. The molecule has 8 nitrogen and oxygen atoms in total. The Morgan fingerprint density at radius 1 is 1.12 bits per heavy atom. The van der Waals surface area contributed by atoms with Gasteiger partial charge in [0.1, 0.15) is 5.56 Å². The fourth-order valence-electron chi connectivity index (χ4n) is 3.80. The van der Waals surface area contributed by atoms with Gasteiger partial charge in [0.15, 0.2) is 0 Å². The van der Waals surface area contributed by atoms with Crippen LogP contribution in [0.2, 0.25) is 0 Å². The van der Waals surface area contributed by atoms with Gasteiger partial charge in [0, 0.05) is 30.1 Å². The first-order chi connectivity index (χ1) is 15.1. The van der Waals surface area contributed by atoms with Crippen molar-refractivity contribution in [2.45, 2.75) is 53.5 Å². The van der Waals surface area contributed by atoms with E-state index in [2.05, 4.69) is 10.4 Å². The lowest BCUT2D eigenvalue weighted by atomic mass is 9.93. The number of nitrogens with zero attached hydrogens (tertiary/aromatic N) is 3. The van der Waals surface area contributed by atoms with Gasteiger partial charge in [-0.3, -0.25) is 9.59 Å². The molecule has 8 heteroatoms. The van der Waals surface area contributed by atoms with Gasteiger partial charge in [-0.25, -0.2) is 9.48 Å². The molecule has 0 spiro atoms. The molecule has 1 N–H and O–H groups in total. The van der Waals surface area contributed by atoms with Crippen LogP contribution in [-0.2, 0) is 9.53 Å². The Morgan fingerprint density at radius 2 is 1.75 bits per heavy atom. The summed E-state index contributed by atoms with van der Waals surface area (Å²) in [6.07, 6.45) is 2.98. The van der Waals surface area contributed by atoms with E-state index < -0.39 is 5.97 Å². The summed E-state index contributed by atoms with van der Waals surface area (Å²) in [6, 6.07) is 7.14. The van der Waals surface area contributed by atoms with Gasteiger partial charge in [-0.1, -0.05) is 20.8 Å². The summed E-state index contributed by atoms with van der Waals surface area (Å²) in [6.45, 7) is 11.0. The smallest absolute Gasteiger partial charge is 0.341 e. The molecule has 172 valence electrons. The summed E-state index contributed by atoms with van der Waals surface area (Å²) in [5, 5.41) is 7.36. The molecule has 32 heavy (non-hydrogen) atoms. The highest BCUT2D eigenvalue weighted by Gasteiger charge is 2.30. The number of likely N-dealkylation sites (tertiary alicyclic amines) is 1. The number of benzene rings is 1. The van der Waals surface area contributed by atoms with E-state index in [1.54, 1.807) is 42.8 Å². The van der Waals surface area contributed by atoms with Gasteiger partial charge in [0.25, 0.3) is 5.91 Å². The predicted molar refractivity (Wildman–Crippen MR) is 121 cm³/mol. The first-order valence-corrected chi connectivity index (χ1v) is 11.0. The number of hydrogen-bond acceptors (Lipinski definition) is 5. The molecule has 1 aliphatic rings. The summed E-state index contributed by atoms with van der Waals surface area (Å²) in [5.41, 5.74) is 2.02. The van der Waals surface area contributed by atoms with Crippen LogP contribution in [0.15, 0.2) is 30.5 Å². The minimum absolute atomic E-state index is 0.0479. The number of nitrogens with one attached hydrogen (secondary N) is 1. The molecule has 1 aromatic carbocycles. The summed E-state index contributed by atoms with van der Waals surface area (Å²) in [4.78, 5) is 39.0.